The molecule has 0 aromatic heterocycles. The lowest BCUT2D eigenvalue weighted by atomic mass is 9.64. The minimum atomic E-state index is -2.97. The van der Waals surface area contributed by atoms with E-state index < -0.39 is 9.84 Å². The van der Waals surface area contributed by atoms with Crippen LogP contribution in [0.4, 0.5) is 0 Å². The molecule has 27 heavy (non-hydrogen) atoms. The highest BCUT2D eigenvalue weighted by Crippen LogP contribution is 2.46. The zero-order chi connectivity index (χ0) is 19.9. The van der Waals surface area contributed by atoms with Crippen molar-refractivity contribution >= 4 is 21.7 Å². The highest BCUT2D eigenvalue weighted by molar-refractivity contribution is 7.91. The molecule has 156 valence electrons. The first-order valence-corrected chi connectivity index (χ1v) is 12.1. The van der Waals surface area contributed by atoms with Crippen LogP contribution in [0.5, 0.6) is 0 Å². The number of carbonyl (C=O) groups excluding carboxylic acids is 1. The highest BCUT2D eigenvalue weighted by Gasteiger charge is 2.37. The molecule has 1 saturated carbocycles. The maximum atomic E-state index is 12.0. The molecule has 0 aromatic rings. The molecular weight excluding hydrogens is 364 g/mol. The predicted molar refractivity (Wildman–Crippen MR) is 110 cm³/mol. The van der Waals surface area contributed by atoms with Crippen LogP contribution >= 0.6 is 0 Å². The third kappa shape index (κ3) is 7.31. The van der Waals surface area contributed by atoms with Gasteiger partial charge in [0.15, 0.2) is 15.8 Å². The van der Waals surface area contributed by atoms with Crippen molar-refractivity contribution in [3.8, 4) is 0 Å². The molecule has 0 bridgehead atoms. The fourth-order valence-corrected chi connectivity index (χ4v) is 5.73. The molecule has 1 aliphatic heterocycles. The normalized spacial score (nSPS) is 23.7. The van der Waals surface area contributed by atoms with Crippen LogP contribution in [0.3, 0.4) is 0 Å². The molecule has 3 N–H and O–H groups in total. The minimum absolute atomic E-state index is 0.0637. The molecule has 8 heteroatoms. The van der Waals surface area contributed by atoms with Crippen molar-refractivity contribution in [1.82, 2.24) is 16.0 Å². The van der Waals surface area contributed by atoms with Gasteiger partial charge in [0.1, 0.15) is 0 Å². The van der Waals surface area contributed by atoms with Crippen LogP contribution in [0.15, 0.2) is 4.99 Å². The smallest absolute Gasteiger partial charge is 0.222 e. The standard InChI is InChI=1S/C19H36N4O3S/c1-4-20-18(22-14-19(8-5-9-19)12-15(2)3)21-10-6-17(24)23-16-7-11-27(25,26)13-16/h15-16H,4-14H2,1-3H3,(H,23,24)(H2,20,21,22). The summed E-state index contributed by atoms with van der Waals surface area (Å²) in [6.07, 6.45) is 5.83. The van der Waals surface area contributed by atoms with Gasteiger partial charge >= 0.3 is 0 Å². The van der Waals surface area contributed by atoms with Gasteiger partial charge in [-0.05, 0) is 43.9 Å². The molecule has 0 radical (unpaired) electrons. The van der Waals surface area contributed by atoms with Gasteiger partial charge in [-0.15, -0.1) is 0 Å². The Bertz CT molecular complexity index is 627. The SMILES string of the molecule is CCNC(=NCC1(CC(C)C)CCC1)NCCC(=O)NC1CCS(=O)(=O)C1. The summed E-state index contributed by atoms with van der Waals surface area (Å²) in [5, 5.41) is 9.29. The fourth-order valence-electron chi connectivity index (χ4n) is 4.06. The molecule has 1 unspecified atom stereocenters. The van der Waals surface area contributed by atoms with Crippen LogP contribution in [0.25, 0.3) is 0 Å². The van der Waals surface area contributed by atoms with Crippen LogP contribution in [0.1, 0.15) is 59.3 Å². The predicted octanol–water partition coefficient (Wildman–Crippen LogP) is 1.45. The van der Waals surface area contributed by atoms with E-state index in [1.54, 1.807) is 0 Å². The van der Waals surface area contributed by atoms with Crippen LogP contribution in [0, 0.1) is 11.3 Å². The number of guanidine groups is 1. The molecule has 2 rings (SSSR count). The van der Waals surface area contributed by atoms with E-state index in [4.69, 9.17) is 4.99 Å². The maximum absolute atomic E-state index is 12.0. The van der Waals surface area contributed by atoms with Gasteiger partial charge in [0.05, 0.1) is 11.5 Å². The Balaban J connectivity index is 1.76. The van der Waals surface area contributed by atoms with Gasteiger partial charge in [-0.1, -0.05) is 20.3 Å². The monoisotopic (exact) mass is 400 g/mol. The third-order valence-corrected chi connectivity index (χ3v) is 7.18. The summed E-state index contributed by atoms with van der Waals surface area (Å²) < 4.78 is 22.9. The van der Waals surface area contributed by atoms with Gasteiger partial charge in [0.25, 0.3) is 0 Å². The molecule has 1 atom stereocenters. The number of nitrogens with one attached hydrogen (secondary N) is 3. The summed E-state index contributed by atoms with van der Waals surface area (Å²) >= 11 is 0. The average molecular weight is 401 g/mol. The number of amides is 1. The summed E-state index contributed by atoms with van der Waals surface area (Å²) in [4.78, 5) is 16.8. The first-order valence-electron chi connectivity index (χ1n) is 10.3. The molecule has 2 aliphatic rings. The van der Waals surface area contributed by atoms with Crippen molar-refractivity contribution in [2.75, 3.05) is 31.1 Å². The number of carbonyl (C=O) groups is 1. The summed E-state index contributed by atoms with van der Waals surface area (Å²) in [7, 11) is -2.97. The molecule has 2 fully saturated rings. The van der Waals surface area contributed by atoms with Crippen molar-refractivity contribution in [1.29, 1.82) is 0 Å². The number of hydrogen-bond acceptors (Lipinski definition) is 4. The lowest BCUT2D eigenvalue weighted by Crippen LogP contribution is -2.42. The van der Waals surface area contributed by atoms with E-state index >= 15 is 0 Å². The quantitative estimate of drug-likeness (QED) is 0.402. The summed E-state index contributed by atoms with van der Waals surface area (Å²) in [6, 6.07) is -0.237. The topological polar surface area (TPSA) is 99.7 Å². The third-order valence-electron chi connectivity index (χ3n) is 5.41. The Morgan fingerprint density at radius 3 is 2.52 bits per heavy atom. The van der Waals surface area contributed by atoms with Crippen LogP contribution in [0.2, 0.25) is 0 Å². The van der Waals surface area contributed by atoms with Crippen LogP contribution in [-0.4, -0.2) is 57.5 Å². The summed E-state index contributed by atoms with van der Waals surface area (Å²) in [5.41, 5.74) is 0.349. The van der Waals surface area contributed by atoms with Crippen LogP contribution in [-0.2, 0) is 14.6 Å². The Hall–Kier alpha value is -1.31. The number of sulfone groups is 1. The van der Waals surface area contributed by atoms with Crippen molar-refractivity contribution in [3.05, 3.63) is 0 Å². The van der Waals surface area contributed by atoms with E-state index in [-0.39, 0.29) is 23.5 Å². The molecule has 1 heterocycles. The molecule has 0 spiro atoms. The van der Waals surface area contributed by atoms with E-state index in [0.29, 0.717) is 30.7 Å². The van der Waals surface area contributed by atoms with Gasteiger partial charge in [-0.25, -0.2) is 8.42 Å². The lowest BCUT2D eigenvalue weighted by molar-refractivity contribution is -0.121. The van der Waals surface area contributed by atoms with E-state index in [2.05, 4.69) is 29.8 Å². The number of hydrogen-bond donors (Lipinski definition) is 3. The van der Waals surface area contributed by atoms with Gasteiger partial charge in [-0.3, -0.25) is 9.79 Å². The molecule has 1 saturated heterocycles. The van der Waals surface area contributed by atoms with E-state index in [0.717, 1.165) is 19.0 Å². The fraction of sp³-hybridized carbons (Fsp3) is 0.895. The summed E-state index contributed by atoms with van der Waals surface area (Å²) in [5.74, 6) is 1.55. The Morgan fingerprint density at radius 1 is 1.26 bits per heavy atom. The second-order valence-electron chi connectivity index (χ2n) is 8.49. The van der Waals surface area contributed by atoms with Crippen molar-refractivity contribution < 1.29 is 13.2 Å². The Labute approximate surface area is 164 Å². The lowest BCUT2D eigenvalue weighted by Gasteiger charge is -2.42. The Morgan fingerprint density at radius 2 is 2.00 bits per heavy atom. The Kier molecular flexibility index (Phi) is 7.94. The minimum Gasteiger partial charge on any atom is -0.357 e. The van der Waals surface area contributed by atoms with Gasteiger partial charge in [-0.2, -0.15) is 0 Å². The molecule has 0 aromatic carbocycles. The average Bonchev–Trinajstić information content (AvgIpc) is 2.87. The highest BCUT2D eigenvalue weighted by atomic mass is 32.2. The second kappa shape index (κ2) is 9.75. The first kappa shape index (κ1) is 22.0. The molecular formula is C19H36N4O3S. The van der Waals surface area contributed by atoms with Crippen LogP contribution < -0.4 is 16.0 Å². The first-order chi connectivity index (χ1) is 12.7. The largest absolute Gasteiger partial charge is 0.357 e. The second-order valence-corrected chi connectivity index (χ2v) is 10.7. The van der Waals surface area contributed by atoms with E-state index in [9.17, 15) is 13.2 Å². The molecule has 7 nitrogen and oxygen atoms in total. The van der Waals surface area contributed by atoms with Crippen molar-refractivity contribution in [2.24, 2.45) is 16.3 Å². The van der Waals surface area contributed by atoms with Crippen molar-refractivity contribution in [2.45, 2.75) is 65.3 Å². The van der Waals surface area contributed by atoms with E-state index in [1.807, 2.05) is 6.92 Å². The maximum Gasteiger partial charge on any atom is 0.222 e. The number of rotatable bonds is 9. The number of aliphatic imine (C=N–C) groups is 1. The zero-order valence-electron chi connectivity index (χ0n) is 17.0. The summed E-state index contributed by atoms with van der Waals surface area (Å²) in [6.45, 7) is 8.64. The van der Waals surface area contributed by atoms with E-state index in [1.165, 1.54) is 25.7 Å². The van der Waals surface area contributed by atoms with Crippen molar-refractivity contribution in [3.63, 3.8) is 0 Å². The number of nitrogens with zero attached hydrogens (tertiary/aromatic N) is 1. The molecule has 1 amide bonds. The molecule has 1 aliphatic carbocycles. The van der Waals surface area contributed by atoms with Gasteiger partial charge < -0.3 is 16.0 Å². The van der Waals surface area contributed by atoms with Gasteiger partial charge in [0.2, 0.25) is 5.91 Å². The zero-order valence-corrected chi connectivity index (χ0v) is 17.8. The van der Waals surface area contributed by atoms with Gasteiger partial charge in [0, 0.05) is 32.1 Å².